The largest absolute Gasteiger partial charge is 0.347 e. The molecular formula is C13H16N2O3S. The fraction of sp³-hybridized carbons (Fsp3) is 0.308. The van der Waals surface area contributed by atoms with Gasteiger partial charge in [-0.3, -0.25) is 4.79 Å². The first kappa shape index (κ1) is 13.8. The fourth-order valence-electron chi connectivity index (χ4n) is 1.92. The van der Waals surface area contributed by atoms with Gasteiger partial charge in [0.05, 0.1) is 17.8 Å². The summed E-state index contributed by atoms with van der Waals surface area (Å²) >= 11 is 0. The van der Waals surface area contributed by atoms with Gasteiger partial charge in [0, 0.05) is 5.41 Å². The number of hydrogen-bond donors (Lipinski definition) is 2. The predicted molar refractivity (Wildman–Crippen MR) is 73.0 cm³/mol. The van der Waals surface area contributed by atoms with Crippen molar-refractivity contribution in [2.24, 2.45) is 5.73 Å². The van der Waals surface area contributed by atoms with Gasteiger partial charge < -0.3 is 11.1 Å². The van der Waals surface area contributed by atoms with E-state index in [4.69, 9.17) is 5.73 Å². The Kier molecular flexibility index (Phi) is 4.01. The van der Waals surface area contributed by atoms with E-state index in [1.54, 1.807) is 0 Å². The SMILES string of the molecule is NC(Cc1ccccc1)C(=O)NC1C=CS(=O)(=O)C1. The molecule has 1 amide bonds. The van der Waals surface area contributed by atoms with E-state index in [-0.39, 0.29) is 11.7 Å². The van der Waals surface area contributed by atoms with Crippen LogP contribution < -0.4 is 11.1 Å². The Bertz CT molecular complexity index is 581. The molecule has 1 aliphatic heterocycles. The number of carbonyl (C=O) groups is 1. The third kappa shape index (κ3) is 3.90. The van der Waals surface area contributed by atoms with Crippen LogP contribution in [-0.2, 0) is 21.1 Å². The molecular weight excluding hydrogens is 264 g/mol. The highest BCUT2D eigenvalue weighted by atomic mass is 32.2. The van der Waals surface area contributed by atoms with Crippen LogP contribution in [-0.4, -0.2) is 32.2 Å². The van der Waals surface area contributed by atoms with Gasteiger partial charge in [-0.05, 0) is 18.1 Å². The van der Waals surface area contributed by atoms with Crippen LogP contribution in [0.15, 0.2) is 41.8 Å². The predicted octanol–water partition coefficient (Wildman–Crippen LogP) is -0.0167. The first-order chi connectivity index (χ1) is 8.96. The maximum Gasteiger partial charge on any atom is 0.237 e. The van der Waals surface area contributed by atoms with Crippen molar-refractivity contribution in [3.05, 3.63) is 47.4 Å². The summed E-state index contributed by atoms with van der Waals surface area (Å²) in [5, 5.41) is 3.75. The Morgan fingerprint density at radius 3 is 2.63 bits per heavy atom. The summed E-state index contributed by atoms with van der Waals surface area (Å²) in [6.07, 6.45) is 1.90. The Balaban J connectivity index is 1.89. The van der Waals surface area contributed by atoms with Gasteiger partial charge in [-0.2, -0.15) is 0 Å². The standard InChI is InChI=1S/C13H16N2O3S/c14-12(8-10-4-2-1-3-5-10)13(16)15-11-6-7-19(17,18)9-11/h1-7,11-12H,8-9,14H2,(H,15,16). The van der Waals surface area contributed by atoms with Gasteiger partial charge in [-0.1, -0.05) is 30.3 Å². The minimum atomic E-state index is -3.16. The molecule has 1 aliphatic rings. The van der Waals surface area contributed by atoms with Crippen molar-refractivity contribution in [1.82, 2.24) is 5.32 Å². The summed E-state index contributed by atoms with van der Waals surface area (Å²) in [6.45, 7) is 0. The van der Waals surface area contributed by atoms with E-state index in [1.165, 1.54) is 6.08 Å². The Hall–Kier alpha value is -1.66. The van der Waals surface area contributed by atoms with Crippen LogP contribution in [0.4, 0.5) is 0 Å². The number of nitrogens with two attached hydrogens (primary N) is 1. The summed E-state index contributed by atoms with van der Waals surface area (Å²) in [7, 11) is -3.16. The van der Waals surface area contributed by atoms with Crippen LogP contribution in [0.1, 0.15) is 5.56 Å². The Labute approximate surface area is 112 Å². The fourth-order valence-corrected chi connectivity index (χ4v) is 3.15. The molecule has 0 radical (unpaired) electrons. The minimum absolute atomic E-state index is 0.0865. The van der Waals surface area contributed by atoms with Crippen molar-refractivity contribution >= 4 is 15.7 Å². The van der Waals surface area contributed by atoms with Gasteiger partial charge in [0.15, 0.2) is 9.84 Å². The van der Waals surface area contributed by atoms with Crippen LogP contribution in [0.25, 0.3) is 0 Å². The zero-order valence-corrected chi connectivity index (χ0v) is 11.1. The lowest BCUT2D eigenvalue weighted by molar-refractivity contribution is -0.122. The van der Waals surface area contributed by atoms with Gasteiger partial charge in [-0.15, -0.1) is 0 Å². The Morgan fingerprint density at radius 1 is 1.37 bits per heavy atom. The summed E-state index contributed by atoms with van der Waals surface area (Å²) in [5.41, 5.74) is 6.78. The molecule has 1 aromatic rings. The van der Waals surface area contributed by atoms with Crippen LogP contribution in [0, 0.1) is 0 Å². The molecule has 2 atom stereocenters. The second kappa shape index (κ2) is 5.54. The summed E-state index contributed by atoms with van der Waals surface area (Å²) in [4.78, 5) is 11.8. The smallest absolute Gasteiger partial charge is 0.237 e. The van der Waals surface area contributed by atoms with Crippen molar-refractivity contribution < 1.29 is 13.2 Å². The maximum absolute atomic E-state index is 11.8. The van der Waals surface area contributed by atoms with Crippen LogP contribution in [0.5, 0.6) is 0 Å². The summed E-state index contributed by atoms with van der Waals surface area (Å²) in [6, 6.07) is 8.29. The quantitative estimate of drug-likeness (QED) is 0.811. The molecule has 0 fully saturated rings. The molecule has 19 heavy (non-hydrogen) atoms. The topological polar surface area (TPSA) is 89.3 Å². The number of rotatable bonds is 4. The molecule has 0 saturated heterocycles. The van der Waals surface area contributed by atoms with Gasteiger partial charge in [-0.25, -0.2) is 8.42 Å². The van der Waals surface area contributed by atoms with Crippen LogP contribution in [0.3, 0.4) is 0 Å². The van der Waals surface area contributed by atoms with E-state index in [1.807, 2.05) is 30.3 Å². The van der Waals surface area contributed by atoms with Crippen LogP contribution >= 0.6 is 0 Å². The van der Waals surface area contributed by atoms with E-state index in [9.17, 15) is 13.2 Å². The third-order valence-corrected chi connectivity index (χ3v) is 4.29. The molecule has 0 bridgehead atoms. The highest BCUT2D eigenvalue weighted by molar-refractivity contribution is 7.94. The molecule has 3 N–H and O–H groups in total. The zero-order chi connectivity index (χ0) is 13.9. The number of sulfone groups is 1. The minimum Gasteiger partial charge on any atom is -0.347 e. The van der Waals surface area contributed by atoms with E-state index < -0.39 is 21.9 Å². The van der Waals surface area contributed by atoms with E-state index in [0.29, 0.717) is 6.42 Å². The third-order valence-electron chi connectivity index (χ3n) is 2.89. The molecule has 0 spiro atoms. The molecule has 0 saturated carbocycles. The highest BCUT2D eigenvalue weighted by Crippen LogP contribution is 2.08. The number of hydrogen-bond acceptors (Lipinski definition) is 4. The van der Waals surface area contributed by atoms with E-state index in [0.717, 1.165) is 11.0 Å². The monoisotopic (exact) mass is 280 g/mol. The average molecular weight is 280 g/mol. The van der Waals surface area contributed by atoms with Crippen molar-refractivity contribution in [2.45, 2.75) is 18.5 Å². The zero-order valence-electron chi connectivity index (χ0n) is 10.3. The van der Waals surface area contributed by atoms with Crippen LogP contribution in [0.2, 0.25) is 0 Å². The first-order valence-corrected chi connectivity index (χ1v) is 7.69. The second-order valence-electron chi connectivity index (χ2n) is 4.57. The lowest BCUT2D eigenvalue weighted by Gasteiger charge is -2.15. The van der Waals surface area contributed by atoms with Gasteiger partial charge in [0.1, 0.15) is 0 Å². The molecule has 102 valence electrons. The van der Waals surface area contributed by atoms with Gasteiger partial charge in [0.2, 0.25) is 5.91 Å². The molecule has 0 aliphatic carbocycles. The number of nitrogens with one attached hydrogen (secondary N) is 1. The lowest BCUT2D eigenvalue weighted by atomic mass is 10.1. The number of amides is 1. The molecule has 1 aromatic carbocycles. The highest BCUT2D eigenvalue weighted by Gasteiger charge is 2.25. The van der Waals surface area contributed by atoms with Gasteiger partial charge >= 0.3 is 0 Å². The van der Waals surface area contributed by atoms with E-state index >= 15 is 0 Å². The Morgan fingerprint density at radius 2 is 2.05 bits per heavy atom. The number of carbonyl (C=O) groups excluding carboxylic acids is 1. The van der Waals surface area contributed by atoms with Gasteiger partial charge in [0.25, 0.3) is 0 Å². The average Bonchev–Trinajstić information content (AvgIpc) is 2.70. The summed E-state index contributed by atoms with van der Waals surface area (Å²) < 4.78 is 22.4. The van der Waals surface area contributed by atoms with Crippen molar-refractivity contribution in [3.63, 3.8) is 0 Å². The molecule has 2 unspecified atom stereocenters. The first-order valence-electron chi connectivity index (χ1n) is 5.97. The van der Waals surface area contributed by atoms with Crippen molar-refractivity contribution in [3.8, 4) is 0 Å². The molecule has 1 heterocycles. The molecule has 2 rings (SSSR count). The maximum atomic E-state index is 11.8. The lowest BCUT2D eigenvalue weighted by Crippen LogP contribution is -2.46. The molecule has 0 aromatic heterocycles. The van der Waals surface area contributed by atoms with Crippen molar-refractivity contribution in [2.75, 3.05) is 5.75 Å². The van der Waals surface area contributed by atoms with E-state index in [2.05, 4.69) is 5.32 Å². The second-order valence-corrected chi connectivity index (χ2v) is 6.50. The van der Waals surface area contributed by atoms with Crippen molar-refractivity contribution in [1.29, 1.82) is 0 Å². The molecule has 6 heteroatoms. The number of benzene rings is 1. The normalized spacial score (nSPS) is 22.1. The molecule has 5 nitrogen and oxygen atoms in total. The summed E-state index contributed by atoms with van der Waals surface area (Å²) in [5.74, 6) is -0.424.